The maximum absolute atomic E-state index is 12.5. The maximum Gasteiger partial charge on any atom is 0.321 e. The number of likely N-dealkylation sites (tertiary alicyclic amines) is 1. The fourth-order valence-corrected chi connectivity index (χ4v) is 3.86. The highest BCUT2D eigenvalue weighted by atomic mass is 16.2. The van der Waals surface area contributed by atoms with Crippen molar-refractivity contribution in [2.45, 2.75) is 19.8 Å². The van der Waals surface area contributed by atoms with Crippen LogP contribution < -0.4 is 10.6 Å². The van der Waals surface area contributed by atoms with Gasteiger partial charge in [-0.05, 0) is 36.6 Å². The Balaban J connectivity index is 1.39. The standard InChI is InChI=1S/C20H23N3O/c1-13-6-5-7-14(2)19(13)22-20(24)23-11-15(12-23)17-10-21-18-9-4-3-8-16(17)18/h3-9,15,17,21H,10-12H2,1-2H3,(H,22,24). The molecule has 0 aliphatic carbocycles. The third-order valence-corrected chi connectivity index (χ3v) is 5.35. The van der Waals surface area contributed by atoms with Crippen molar-refractivity contribution >= 4 is 17.4 Å². The molecule has 2 N–H and O–H groups in total. The molecule has 2 amide bonds. The van der Waals surface area contributed by atoms with E-state index in [1.807, 2.05) is 36.9 Å². The number of nitrogens with one attached hydrogen (secondary N) is 2. The molecule has 0 bridgehead atoms. The third-order valence-electron chi connectivity index (χ3n) is 5.35. The number of urea groups is 1. The van der Waals surface area contributed by atoms with Gasteiger partial charge in [0.25, 0.3) is 0 Å². The van der Waals surface area contributed by atoms with Gasteiger partial charge in [0.1, 0.15) is 0 Å². The zero-order chi connectivity index (χ0) is 16.7. The van der Waals surface area contributed by atoms with E-state index < -0.39 is 0 Å². The highest BCUT2D eigenvalue weighted by Crippen LogP contribution is 2.40. The molecule has 2 aliphatic rings. The molecule has 4 rings (SSSR count). The largest absolute Gasteiger partial charge is 0.384 e. The van der Waals surface area contributed by atoms with Crippen LogP contribution in [0, 0.1) is 19.8 Å². The van der Waals surface area contributed by atoms with Crippen molar-refractivity contribution in [3.63, 3.8) is 0 Å². The lowest BCUT2D eigenvalue weighted by molar-refractivity contribution is 0.117. The van der Waals surface area contributed by atoms with Crippen molar-refractivity contribution < 1.29 is 4.79 Å². The topological polar surface area (TPSA) is 44.4 Å². The number of carbonyl (C=O) groups excluding carboxylic acids is 1. The predicted octanol–water partition coefficient (Wildman–Crippen LogP) is 3.98. The summed E-state index contributed by atoms with van der Waals surface area (Å²) in [5.74, 6) is 1.07. The van der Waals surface area contributed by atoms with E-state index in [2.05, 4.69) is 34.9 Å². The second kappa shape index (κ2) is 5.86. The summed E-state index contributed by atoms with van der Waals surface area (Å²) < 4.78 is 0. The molecule has 2 aromatic carbocycles. The molecule has 2 aliphatic heterocycles. The lowest BCUT2D eigenvalue weighted by atomic mass is 9.82. The molecule has 0 radical (unpaired) electrons. The number of fused-ring (bicyclic) bond motifs is 1. The number of benzene rings is 2. The number of hydrogen-bond acceptors (Lipinski definition) is 2. The Kier molecular flexibility index (Phi) is 3.68. The van der Waals surface area contributed by atoms with E-state index in [9.17, 15) is 4.79 Å². The van der Waals surface area contributed by atoms with E-state index in [1.54, 1.807) is 0 Å². The van der Waals surface area contributed by atoms with Gasteiger partial charge in [0.05, 0.1) is 0 Å². The molecular formula is C20H23N3O. The van der Waals surface area contributed by atoms with Gasteiger partial charge in [0, 0.05) is 42.8 Å². The van der Waals surface area contributed by atoms with Gasteiger partial charge in [0.15, 0.2) is 0 Å². The summed E-state index contributed by atoms with van der Waals surface area (Å²) in [4.78, 5) is 14.4. The number of hydrogen-bond donors (Lipinski definition) is 2. The maximum atomic E-state index is 12.5. The first-order valence-electron chi connectivity index (χ1n) is 8.58. The van der Waals surface area contributed by atoms with Gasteiger partial charge in [-0.25, -0.2) is 4.79 Å². The van der Waals surface area contributed by atoms with E-state index in [0.29, 0.717) is 11.8 Å². The summed E-state index contributed by atoms with van der Waals surface area (Å²) in [5, 5.41) is 6.56. The Morgan fingerprint density at radius 3 is 2.54 bits per heavy atom. The van der Waals surface area contributed by atoms with Gasteiger partial charge >= 0.3 is 6.03 Å². The molecule has 1 atom stereocenters. The van der Waals surface area contributed by atoms with Crippen LogP contribution in [0.5, 0.6) is 0 Å². The first-order chi connectivity index (χ1) is 11.6. The molecule has 1 unspecified atom stereocenters. The van der Waals surface area contributed by atoms with E-state index in [1.165, 1.54) is 11.3 Å². The van der Waals surface area contributed by atoms with Crippen molar-refractivity contribution in [2.24, 2.45) is 5.92 Å². The van der Waals surface area contributed by atoms with Crippen molar-refractivity contribution in [3.05, 3.63) is 59.2 Å². The van der Waals surface area contributed by atoms with Gasteiger partial charge in [-0.15, -0.1) is 0 Å². The molecule has 124 valence electrons. The van der Waals surface area contributed by atoms with Crippen LogP contribution >= 0.6 is 0 Å². The molecule has 0 saturated carbocycles. The predicted molar refractivity (Wildman–Crippen MR) is 97.7 cm³/mol. The molecule has 1 fully saturated rings. The lowest BCUT2D eigenvalue weighted by Gasteiger charge is -2.42. The van der Waals surface area contributed by atoms with Crippen LogP contribution in [0.15, 0.2) is 42.5 Å². The summed E-state index contributed by atoms with van der Waals surface area (Å²) in [6.45, 7) is 6.70. The molecule has 2 heterocycles. The highest BCUT2D eigenvalue weighted by Gasteiger charge is 2.39. The summed E-state index contributed by atoms with van der Waals surface area (Å²) in [6, 6.07) is 14.6. The van der Waals surface area contributed by atoms with Crippen molar-refractivity contribution in [1.29, 1.82) is 0 Å². The number of anilines is 2. The number of carbonyl (C=O) groups is 1. The van der Waals surface area contributed by atoms with Gasteiger partial charge in [-0.3, -0.25) is 0 Å². The summed E-state index contributed by atoms with van der Waals surface area (Å²) in [5.41, 5.74) is 5.81. The van der Waals surface area contributed by atoms with Crippen LogP contribution in [-0.4, -0.2) is 30.6 Å². The first-order valence-corrected chi connectivity index (χ1v) is 8.58. The number of rotatable bonds is 2. The fraction of sp³-hybridized carbons (Fsp3) is 0.350. The Morgan fingerprint density at radius 2 is 1.79 bits per heavy atom. The van der Waals surface area contributed by atoms with Gasteiger partial charge in [0.2, 0.25) is 0 Å². The van der Waals surface area contributed by atoms with E-state index in [0.717, 1.165) is 36.4 Å². The van der Waals surface area contributed by atoms with Crippen LogP contribution in [0.3, 0.4) is 0 Å². The Bertz CT molecular complexity index is 760. The Morgan fingerprint density at radius 1 is 1.08 bits per heavy atom. The minimum Gasteiger partial charge on any atom is -0.384 e. The molecule has 24 heavy (non-hydrogen) atoms. The van der Waals surface area contributed by atoms with Crippen molar-refractivity contribution in [3.8, 4) is 0 Å². The zero-order valence-electron chi connectivity index (χ0n) is 14.2. The van der Waals surface area contributed by atoms with Crippen molar-refractivity contribution in [2.75, 3.05) is 30.3 Å². The number of aryl methyl sites for hydroxylation is 2. The zero-order valence-corrected chi connectivity index (χ0v) is 14.2. The molecule has 4 heteroatoms. The molecule has 0 aromatic heterocycles. The van der Waals surface area contributed by atoms with Gasteiger partial charge < -0.3 is 15.5 Å². The number of para-hydroxylation sites is 2. The first kappa shape index (κ1) is 15.1. The summed E-state index contributed by atoms with van der Waals surface area (Å²) in [6.07, 6.45) is 0. The SMILES string of the molecule is Cc1cccc(C)c1NC(=O)N1CC(C2CNc3ccccc32)C1. The van der Waals surface area contributed by atoms with Gasteiger partial charge in [-0.2, -0.15) is 0 Å². The highest BCUT2D eigenvalue weighted by molar-refractivity contribution is 5.91. The molecule has 2 aromatic rings. The second-order valence-corrected chi connectivity index (χ2v) is 6.94. The number of amides is 2. The van der Waals surface area contributed by atoms with Crippen LogP contribution in [0.2, 0.25) is 0 Å². The normalized spacial score (nSPS) is 19.4. The Labute approximate surface area is 142 Å². The van der Waals surface area contributed by atoms with E-state index >= 15 is 0 Å². The van der Waals surface area contributed by atoms with Crippen LogP contribution in [-0.2, 0) is 0 Å². The van der Waals surface area contributed by atoms with E-state index in [4.69, 9.17) is 0 Å². The van der Waals surface area contributed by atoms with Crippen molar-refractivity contribution in [1.82, 2.24) is 4.90 Å². The monoisotopic (exact) mass is 321 g/mol. The van der Waals surface area contributed by atoms with E-state index in [-0.39, 0.29) is 6.03 Å². The average Bonchev–Trinajstić information content (AvgIpc) is 2.94. The third kappa shape index (κ3) is 2.52. The lowest BCUT2D eigenvalue weighted by Crippen LogP contribution is -2.53. The minimum absolute atomic E-state index is 0.0166. The molecule has 4 nitrogen and oxygen atoms in total. The molecule has 0 spiro atoms. The molecular weight excluding hydrogens is 298 g/mol. The molecule has 1 saturated heterocycles. The fourth-order valence-electron chi connectivity index (χ4n) is 3.86. The summed E-state index contributed by atoms with van der Waals surface area (Å²) >= 11 is 0. The smallest absolute Gasteiger partial charge is 0.321 e. The average molecular weight is 321 g/mol. The quantitative estimate of drug-likeness (QED) is 0.879. The van der Waals surface area contributed by atoms with Crippen LogP contribution in [0.4, 0.5) is 16.2 Å². The summed E-state index contributed by atoms with van der Waals surface area (Å²) in [7, 11) is 0. The van der Waals surface area contributed by atoms with Gasteiger partial charge in [-0.1, -0.05) is 36.4 Å². The van der Waals surface area contributed by atoms with Crippen LogP contribution in [0.1, 0.15) is 22.6 Å². The second-order valence-electron chi connectivity index (χ2n) is 6.94. The number of nitrogens with zero attached hydrogens (tertiary/aromatic N) is 1. The Hall–Kier alpha value is -2.49. The minimum atomic E-state index is 0.0166. The van der Waals surface area contributed by atoms with Crippen LogP contribution in [0.25, 0.3) is 0 Å².